The highest BCUT2D eigenvalue weighted by molar-refractivity contribution is 5.62. The molecule has 2 aromatic heterocycles. The van der Waals surface area contributed by atoms with E-state index in [-0.39, 0.29) is 0 Å². The molecule has 2 heterocycles. The second-order valence-corrected chi connectivity index (χ2v) is 3.66. The molecule has 0 aliphatic rings. The van der Waals surface area contributed by atoms with Crippen LogP contribution in [0.25, 0.3) is 11.3 Å². The minimum atomic E-state index is 0.626. The molecule has 4 nitrogen and oxygen atoms in total. The number of anilines is 1. The predicted molar refractivity (Wildman–Crippen MR) is 64.3 cm³/mol. The number of pyridine rings is 1. The van der Waals surface area contributed by atoms with Crippen LogP contribution in [0.15, 0.2) is 24.5 Å². The highest BCUT2D eigenvalue weighted by atomic mass is 15.1. The summed E-state index contributed by atoms with van der Waals surface area (Å²) in [6.07, 6.45) is 3.65. The molecule has 0 amide bonds. The van der Waals surface area contributed by atoms with Crippen LogP contribution < -0.4 is 5.32 Å². The quantitative estimate of drug-likeness (QED) is 0.832. The van der Waals surface area contributed by atoms with Crippen molar-refractivity contribution in [2.24, 2.45) is 0 Å². The zero-order chi connectivity index (χ0) is 11.5. The van der Waals surface area contributed by atoms with E-state index in [4.69, 9.17) is 0 Å². The fraction of sp³-hybridized carbons (Fsp3) is 0.250. The molecule has 0 spiro atoms. The first-order valence-electron chi connectivity index (χ1n) is 5.15. The van der Waals surface area contributed by atoms with Crippen molar-refractivity contribution in [3.05, 3.63) is 35.8 Å². The standard InChI is InChI=1S/C12H14N4/c1-8-6-15-12(13-3)16-11(8)10-5-4-9(2)14-7-10/h4-7H,1-3H3,(H,13,15,16). The highest BCUT2D eigenvalue weighted by Crippen LogP contribution is 2.20. The van der Waals surface area contributed by atoms with Crippen LogP contribution in [0, 0.1) is 13.8 Å². The normalized spacial score (nSPS) is 10.2. The van der Waals surface area contributed by atoms with E-state index in [1.54, 1.807) is 0 Å². The van der Waals surface area contributed by atoms with Crippen LogP contribution in [0.1, 0.15) is 11.3 Å². The molecule has 0 atom stereocenters. The molecule has 0 saturated heterocycles. The van der Waals surface area contributed by atoms with E-state index < -0.39 is 0 Å². The largest absolute Gasteiger partial charge is 0.357 e. The zero-order valence-electron chi connectivity index (χ0n) is 9.65. The molecular formula is C12H14N4. The van der Waals surface area contributed by atoms with Gasteiger partial charge in [-0.05, 0) is 31.5 Å². The van der Waals surface area contributed by atoms with E-state index in [9.17, 15) is 0 Å². The average Bonchev–Trinajstić information content (AvgIpc) is 2.31. The lowest BCUT2D eigenvalue weighted by Gasteiger charge is -2.06. The first-order valence-corrected chi connectivity index (χ1v) is 5.15. The van der Waals surface area contributed by atoms with Crippen LogP contribution in [-0.2, 0) is 0 Å². The molecule has 0 aliphatic carbocycles. The lowest BCUT2D eigenvalue weighted by molar-refractivity contribution is 1.11. The summed E-state index contributed by atoms with van der Waals surface area (Å²) in [5, 5.41) is 2.93. The maximum atomic E-state index is 4.43. The van der Waals surface area contributed by atoms with Crippen LogP contribution in [0.3, 0.4) is 0 Å². The van der Waals surface area contributed by atoms with Gasteiger partial charge < -0.3 is 5.32 Å². The summed E-state index contributed by atoms with van der Waals surface area (Å²) in [7, 11) is 1.81. The first kappa shape index (κ1) is 10.5. The lowest BCUT2D eigenvalue weighted by Crippen LogP contribution is -1.99. The van der Waals surface area contributed by atoms with Crippen LogP contribution >= 0.6 is 0 Å². The van der Waals surface area contributed by atoms with Gasteiger partial charge in [-0.1, -0.05) is 0 Å². The molecule has 0 saturated carbocycles. The fourth-order valence-corrected chi connectivity index (χ4v) is 1.46. The monoisotopic (exact) mass is 214 g/mol. The SMILES string of the molecule is CNc1ncc(C)c(-c2ccc(C)nc2)n1. The van der Waals surface area contributed by atoms with E-state index >= 15 is 0 Å². The number of hydrogen-bond donors (Lipinski definition) is 1. The Morgan fingerprint density at radius 2 is 1.88 bits per heavy atom. The second kappa shape index (κ2) is 4.26. The molecule has 2 rings (SSSR count). The van der Waals surface area contributed by atoms with Crippen molar-refractivity contribution in [1.82, 2.24) is 15.0 Å². The van der Waals surface area contributed by atoms with E-state index in [1.807, 2.05) is 45.4 Å². The minimum Gasteiger partial charge on any atom is -0.357 e. The average molecular weight is 214 g/mol. The molecule has 82 valence electrons. The van der Waals surface area contributed by atoms with Gasteiger partial charge in [0.25, 0.3) is 0 Å². The van der Waals surface area contributed by atoms with Crippen LogP contribution in [-0.4, -0.2) is 22.0 Å². The Hall–Kier alpha value is -1.97. The number of hydrogen-bond acceptors (Lipinski definition) is 4. The Morgan fingerprint density at radius 3 is 2.50 bits per heavy atom. The predicted octanol–water partition coefficient (Wildman–Crippen LogP) is 2.20. The van der Waals surface area contributed by atoms with Gasteiger partial charge in [0.2, 0.25) is 5.95 Å². The van der Waals surface area contributed by atoms with Crippen molar-refractivity contribution >= 4 is 5.95 Å². The van der Waals surface area contributed by atoms with Crippen LogP contribution in [0.4, 0.5) is 5.95 Å². The van der Waals surface area contributed by atoms with Crippen LogP contribution in [0.2, 0.25) is 0 Å². The fourth-order valence-electron chi connectivity index (χ4n) is 1.46. The van der Waals surface area contributed by atoms with Crippen molar-refractivity contribution < 1.29 is 0 Å². The van der Waals surface area contributed by atoms with Gasteiger partial charge in [-0.3, -0.25) is 4.98 Å². The van der Waals surface area contributed by atoms with Gasteiger partial charge >= 0.3 is 0 Å². The maximum Gasteiger partial charge on any atom is 0.222 e. The molecule has 1 N–H and O–H groups in total. The number of nitrogens with zero attached hydrogens (tertiary/aromatic N) is 3. The zero-order valence-corrected chi connectivity index (χ0v) is 9.65. The topological polar surface area (TPSA) is 50.7 Å². The van der Waals surface area contributed by atoms with Crippen molar-refractivity contribution in [3.8, 4) is 11.3 Å². The van der Waals surface area contributed by atoms with Crippen molar-refractivity contribution in [1.29, 1.82) is 0 Å². The molecule has 0 unspecified atom stereocenters. The summed E-state index contributed by atoms with van der Waals surface area (Å²) in [6, 6.07) is 4.01. The Kier molecular flexibility index (Phi) is 2.81. The molecular weight excluding hydrogens is 200 g/mol. The van der Waals surface area contributed by atoms with Gasteiger partial charge in [0.05, 0.1) is 5.69 Å². The highest BCUT2D eigenvalue weighted by Gasteiger charge is 2.05. The van der Waals surface area contributed by atoms with Crippen molar-refractivity contribution in [3.63, 3.8) is 0 Å². The smallest absolute Gasteiger partial charge is 0.222 e. The number of rotatable bonds is 2. The summed E-state index contributed by atoms with van der Waals surface area (Å²) in [5.41, 5.74) is 3.99. The third-order valence-corrected chi connectivity index (χ3v) is 2.38. The van der Waals surface area contributed by atoms with Gasteiger partial charge in [0.15, 0.2) is 0 Å². The van der Waals surface area contributed by atoms with Gasteiger partial charge in [-0.25, -0.2) is 9.97 Å². The van der Waals surface area contributed by atoms with Gasteiger partial charge in [0, 0.05) is 30.7 Å². The summed E-state index contributed by atoms with van der Waals surface area (Å²) in [4.78, 5) is 12.9. The Labute approximate surface area is 94.8 Å². The van der Waals surface area contributed by atoms with Gasteiger partial charge in [-0.2, -0.15) is 0 Å². The summed E-state index contributed by atoms with van der Waals surface area (Å²) >= 11 is 0. The molecule has 0 bridgehead atoms. The molecule has 0 radical (unpaired) electrons. The minimum absolute atomic E-state index is 0.626. The number of nitrogens with one attached hydrogen (secondary N) is 1. The molecule has 0 aliphatic heterocycles. The summed E-state index contributed by atoms with van der Waals surface area (Å²) < 4.78 is 0. The van der Waals surface area contributed by atoms with Crippen molar-refractivity contribution in [2.75, 3.05) is 12.4 Å². The first-order chi connectivity index (χ1) is 7.70. The molecule has 0 fully saturated rings. The molecule has 16 heavy (non-hydrogen) atoms. The molecule has 4 heteroatoms. The number of aromatic nitrogens is 3. The summed E-state index contributed by atoms with van der Waals surface area (Å²) in [6.45, 7) is 3.96. The number of aryl methyl sites for hydroxylation is 2. The summed E-state index contributed by atoms with van der Waals surface area (Å²) in [5.74, 6) is 0.626. The van der Waals surface area contributed by atoms with Gasteiger partial charge in [0.1, 0.15) is 0 Å². The maximum absolute atomic E-state index is 4.43. The Morgan fingerprint density at radius 1 is 1.06 bits per heavy atom. The van der Waals surface area contributed by atoms with Gasteiger partial charge in [-0.15, -0.1) is 0 Å². The third-order valence-electron chi connectivity index (χ3n) is 2.38. The Balaban J connectivity index is 2.50. The van der Waals surface area contributed by atoms with E-state index in [2.05, 4.69) is 20.3 Å². The van der Waals surface area contributed by atoms with E-state index in [0.29, 0.717) is 5.95 Å². The molecule has 2 aromatic rings. The van der Waals surface area contributed by atoms with E-state index in [1.165, 1.54) is 0 Å². The van der Waals surface area contributed by atoms with Crippen molar-refractivity contribution in [2.45, 2.75) is 13.8 Å². The van der Waals surface area contributed by atoms with Crippen LogP contribution in [0.5, 0.6) is 0 Å². The Bertz CT molecular complexity index is 491. The second-order valence-electron chi connectivity index (χ2n) is 3.66. The lowest BCUT2D eigenvalue weighted by atomic mass is 10.1. The molecule has 0 aromatic carbocycles. The third kappa shape index (κ3) is 2.00. The van der Waals surface area contributed by atoms with E-state index in [0.717, 1.165) is 22.5 Å².